The van der Waals surface area contributed by atoms with Crippen molar-refractivity contribution in [3.05, 3.63) is 48.4 Å². The third-order valence-electron chi connectivity index (χ3n) is 3.12. The molecule has 0 amide bonds. The molecule has 5 heteroatoms. The Bertz CT molecular complexity index is 662. The summed E-state index contributed by atoms with van der Waals surface area (Å²) in [6.07, 6.45) is 3.35. The molecule has 0 saturated heterocycles. The number of aromatic amines is 1. The quantitative estimate of drug-likeness (QED) is 0.775. The van der Waals surface area contributed by atoms with Gasteiger partial charge in [0.15, 0.2) is 5.65 Å². The van der Waals surface area contributed by atoms with Crippen molar-refractivity contribution in [1.29, 1.82) is 0 Å². The van der Waals surface area contributed by atoms with Crippen molar-refractivity contribution in [3.8, 4) is 0 Å². The summed E-state index contributed by atoms with van der Waals surface area (Å²) in [5.74, 6) is 0.921. The highest BCUT2D eigenvalue weighted by Gasteiger charge is 2.12. The first-order valence-corrected chi connectivity index (χ1v) is 6.31. The lowest BCUT2D eigenvalue weighted by molar-refractivity contribution is 0.816. The third kappa shape index (κ3) is 2.27. The van der Waals surface area contributed by atoms with Crippen LogP contribution in [0, 0.1) is 0 Å². The van der Waals surface area contributed by atoms with E-state index < -0.39 is 0 Å². The van der Waals surface area contributed by atoms with Crippen LogP contribution in [-0.4, -0.2) is 26.7 Å². The van der Waals surface area contributed by atoms with Crippen molar-refractivity contribution in [3.63, 3.8) is 0 Å². The van der Waals surface area contributed by atoms with Crippen molar-refractivity contribution in [2.75, 3.05) is 11.4 Å². The average molecular weight is 253 g/mol. The van der Waals surface area contributed by atoms with Crippen molar-refractivity contribution in [2.24, 2.45) is 0 Å². The number of hydrogen-bond acceptors (Lipinski definition) is 4. The minimum absolute atomic E-state index is 0.775. The van der Waals surface area contributed by atoms with Crippen LogP contribution in [0.4, 0.5) is 5.82 Å². The highest BCUT2D eigenvalue weighted by molar-refractivity contribution is 5.86. The van der Waals surface area contributed by atoms with Crippen LogP contribution >= 0.6 is 0 Å². The predicted octanol–water partition coefficient (Wildman–Crippen LogP) is 2.38. The SMILES string of the molecule is CCN(Cc1ccccc1)c1ncnc2[nH]ncc12. The molecule has 2 aromatic heterocycles. The molecule has 0 bridgehead atoms. The molecule has 0 aliphatic carbocycles. The summed E-state index contributed by atoms with van der Waals surface area (Å²) in [6, 6.07) is 10.4. The predicted molar refractivity (Wildman–Crippen MR) is 74.8 cm³/mol. The molecular formula is C14H15N5. The molecule has 0 aliphatic rings. The molecule has 0 unspecified atom stereocenters. The first-order chi connectivity index (χ1) is 9.38. The van der Waals surface area contributed by atoms with Crippen LogP contribution in [0.5, 0.6) is 0 Å². The Kier molecular flexibility index (Phi) is 3.10. The number of hydrogen-bond donors (Lipinski definition) is 1. The number of H-pyrrole nitrogens is 1. The van der Waals surface area contributed by atoms with Gasteiger partial charge in [-0.05, 0) is 12.5 Å². The van der Waals surface area contributed by atoms with Gasteiger partial charge in [0, 0.05) is 13.1 Å². The van der Waals surface area contributed by atoms with Crippen LogP contribution in [0.25, 0.3) is 11.0 Å². The fourth-order valence-corrected chi connectivity index (χ4v) is 2.14. The zero-order valence-electron chi connectivity index (χ0n) is 10.7. The average Bonchev–Trinajstić information content (AvgIpc) is 2.94. The molecule has 0 saturated carbocycles. The molecule has 0 atom stereocenters. The second kappa shape index (κ2) is 5.06. The van der Waals surface area contributed by atoms with Crippen LogP contribution in [-0.2, 0) is 6.54 Å². The number of nitrogens with zero attached hydrogens (tertiary/aromatic N) is 4. The summed E-state index contributed by atoms with van der Waals surface area (Å²) in [4.78, 5) is 10.8. The van der Waals surface area contributed by atoms with Gasteiger partial charge in [-0.25, -0.2) is 9.97 Å². The fourth-order valence-electron chi connectivity index (χ4n) is 2.14. The normalized spacial score (nSPS) is 10.8. The highest BCUT2D eigenvalue weighted by Crippen LogP contribution is 2.22. The first-order valence-electron chi connectivity index (χ1n) is 6.31. The molecule has 5 nitrogen and oxygen atoms in total. The van der Waals surface area contributed by atoms with Gasteiger partial charge in [0.1, 0.15) is 12.1 Å². The topological polar surface area (TPSA) is 57.7 Å². The largest absolute Gasteiger partial charge is 0.352 e. The zero-order valence-corrected chi connectivity index (χ0v) is 10.7. The van der Waals surface area contributed by atoms with Crippen LogP contribution < -0.4 is 4.90 Å². The van der Waals surface area contributed by atoms with Gasteiger partial charge in [0.05, 0.1) is 11.6 Å². The molecule has 96 valence electrons. The Balaban J connectivity index is 1.96. The zero-order chi connectivity index (χ0) is 13.1. The summed E-state index contributed by atoms with van der Waals surface area (Å²) in [5, 5.41) is 7.87. The molecule has 2 heterocycles. The van der Waals surface area contributed by atoms with E-state index in [0.717, 1.165) is 29.9 Å². The van der Waals surface area contributed by atoms with E-state index >= 15 is 0 Å². The van der Waals surface area contributed by atoms with E-state index in [0.29, 0.717) is 0 Å². The second-order valence-electron chi connectivity index (χ2n) is 4.33. The third-order valence-corrected chi connectivity index (χ3v) is 3.12. The van der Waals surface area contributed by atoms with Crippen molar-refractivity contribution < 1.29 is 0 Å². The van der Waals surface area contributed by atoms with Crippen LogP contribution in [0.15, 0.2) is 42.9 Å². The molecule has 1 aromatic carbocycles. The van der Waals surface area contributed by atoms with Crippen LogP contribution in [0.2, 0.25) is 0 Å². The molecule has 0 aliphatic heterocycles. The smallest absolute Gasteiger partial charge is 0.160 e. The summed E-state index contributed by atoms with van der Waals surface area (Å²) < 4.78 is 0. The van der Waals surface area contributed by atoms with E-state index in [1.165, 1.54) is 5.56 Å². The fraction of sp³-hybridized carbons (Fsp3) is 0.214. The standard InChI is InChI=1S/C14H15N5/c1-2-19(9-11-6-4-3-5-7-11)14-12-8-17-18-13(12)15-10-16-14/h3-8,10H,2,9H2,1H3,(H,15,16,17,18). The molecular weight excluding hydrogens is 238 g/mol. The number of benzene rings is 1. The van der Waals surface area contributed by atoms with Crippen LogP contribution in [0.1, 0.15) is 12.5 Å². The monoisotopic (exact) mass is 253 g/mol. The molecule has 0 spiro atoms. The molecule has 1 N–H and O–H groups in total. The van der Waals surface area contributed by atoms with E-state index in [9.17, 15) is 0 Å². The Morgan fingerprint density at radius 3 is 2.79 bits per heavy atom. The molecule has 3 aromatic rings. The maximum Gasteiger partial charge on any atom is 0.160 e. The lowest BCUT2D eigenvalue weighted by Crippen LogP contribution is -2.23. The van der Waals surface area contributed by atoms with E-state index in [2.05, 4.69) is 56.3 Å². The van der Waals surface area contributed by atoms with E-state index in [4.69, 9.17) is 0 Å². The van der Waals surface area contributed by atoms with Gasteiger partial charge >= 0.3 is 0 Å². The maximum absolute atomic E-state index is 4.40. The summed E-state index contributed by atoms with van der Waals surface area (Å²) >= 11 is 0. The number of rotatable bonds is 4. The van der Waals surface area contributed by atoms with Gasteiger partial charge in [-0.1, -0.05) is 30.3 Å². The van der Waals surface area contributed by atoms with Crippen molar-refractivity contribution in [2.45, 2.75) is 13.5 Å². The van der Waals surface area contributed by atoms with Gasteiger partial charge in [-0.15, -0.1) is 0 Å². The van der Waals surface area contributed by atoms with E-state index in [1.54, 1.807) is 12.5 Å². The van der Waals surface area contributed by atoms with Gasteiger partial charge in [-0.3, -0.25) is 5.10 Å². The summed E-state index contributed by atoms with van der Waals surface area (Å²) in [6.45, 7) is 3.83. The minimum Gasteiger partial charge on any atom is -0.352 e. The molecule has 19 heavy (non-hydrogen) atoms. The number of aromatic nitrogens is 4. The number of fused-ring (bicyclic) bond motifs is 1. The van der Waals surface area contributed by atoms with Gasteiger partial charge in [0.25, 0.3) is 0 Å². The van der Waals surface area contributed by atoms with Gasteiger partial charge < -0.3 is 4.90 Å². The van der Waals surface area contributed by atoms with Crippen LogP contribution in [0.3, 0.4) is 0 Å². The molecule has 0 radical (unpaired) electrons. The minimum atomic E-state index is 0.775. The number of nitrogens with one attached hydrogen (secondary N) is 1. The summed E-state index contributed by atoms with van der Waals surface area (Å²) in [5.41, 5.74) is 2.04. The molecule has 3 rings (SSSR count). The number of anilines is 1. The maximum atomic E-state index is 4.40. The lowest BCUT2D eigenvalue weighted by atomic mass is 10.2. The Labute approximate surface area is 111 Å². The van der Waals surface area contributed by atoms with Gasteiger partial charge in [-0.2, -0.15) is 5.10 Å². The van der Waals surface area contributed by atoms with Gasteiger partial charge in [0.2, 0.25) is 0 Å². The summed E-state index contributed by atoms with van der Waals surface area (Å²) in [7, 11) is 0. The van der Waals surface area contributed by atoms with E-state index in [1.807, 2.05) is 6.07 Å². The Hall–Kier alpha value is -2.43. The first kappa shape index (κ1) is 11.6. The lowest BCUT2D eigenvalue weighted by Gasteiger charge is -2.22. The highest BCUT2D eigenvalue weighted by atomic mass is 15.2. The van der Waals surface area contributed by atoms with Crippen molar-refractivity contribution >= 4 is 16.9 Å². The second-order valence-corrected chi connectivity index (χ2v) is 4.33. The Morgan fingerprint density at radius 1 is 1.16 bits per heavy atom. The Morgan fingerprint density at radius 2 is 2.00 bits per heavy atom. The van der Waals surface area contributed by atoms with Crippen molar-refractivity contribution in [1.82, 2.24) is 20.2 Å². The van der Waals surface area contributed by atoms with E-state index in [-0.39, 0.29) is 0 Å². The molecule has 0 fully saturated rings.